The summed E-state index contributed by atoms with van der Waals surface area (Å²) < 4.78 is 49.1. The van der Waals surface area contributed by atoms with Gasteiger partial charge in [-0.3, -0.25) is 14.4 Å². The van der Waals surface area contributed by atoms with Crippen LogP contribution < -0.4 is 16.0 Å². The molecule has 0 bridgehead atoms. The van der Waals surface area contributed by atoms with Crippen LogP contribution in [0.1, 0.15) is 66.7 Å². The molecule has 0 aliphatic rings. The van der Waals surface area contributed by atoms with Crippen molar-refractivity contribution in [2.45, 2.75) is 89.7 Å². The molecule has 0 saturated heterocycles. The monoisotopic (exact) mass is 599 g/mol. The molecule has 12 heteroatoms. The van der Waals surface area contributed by atoms with Crippen LogP contribution in [0.5, 0.6) is 0 Å². The molecule has 1 aromatic rings. The van der Waals surface area contributed by atoms with Crippen LogP contribution in [0.4, 0.5) is 0 Å². The number of amides is 3. The van der Waals surface area contributed by atoms with Gasteiger partial charge in [0.05, 0.1) is 10.6 Å². The van der Waals surface area contributed by atoms with Crippen molar-refractivity contribution in [1.82, 2.24) is 16.0 Å². The van der Waals surface area contributed by atoms with E-state index in [0.717, 1.165) is 11.7 Å². The highest BCUT2D eigenvalue weighted by Crippen LogP contribution is 2.14. The summed E-state index contributed by atoms with van der Waals surface area (Å²) in [7, 11) is -7.24. The van der Waals surface area contributed by atoms with Crippen LogP contribution in [0, 0.1) is 11.8 Å². The van der Waals surface area contributed by atoms with E-state index in [4.69, 9.17) is 0 Å². The third-order valence-corrected chi connectivity index (χ3v) is 8.50. The average molecular weight is 600 g/mol. The molecule has 0 heterocycles. The summed E-state index contributed by atoms with van der Waals surface area (Å²) in [5, 5.41) is 9.07. The maximum absolute atomic E-state index is 13.4. The van der Waals surface area contributed by atoms with Crippen molar-refractivity contribution in [3.05, 3.63) is 41.8 Å². The first-order valence-electron chi connectivity index (χ1n) is 13.5. The molecule has 0 fully saturated rings. The van der Waals surface area contributed by atoms with Gasteiger partial charge in [0.2, 0.25) is 17.7 Å². The van der Waals surface area contributed by atoms with Crippen molar-refractivity contribution >= 4 is 37.4 Å². The van der Waals surface area contributed by atoms with E-state index in [1.807, 2.05) is 27.7 Å². The van der Waals surface area contributed by atoms with E-state index < -0.39 is 49.6 Å². The van der Waals surface area contributed by atoms with Crippen molar-refractivity contribution in [2.24, 2.45) is 11.8 Å². The molecular formula is C28H45N3O7S2. The highest BCUT2D eigenvalue weighted by molar-refractivity contribution is 7.94. The number of sulfone groups is 2. The molecule has 10 nitrogen and oxygen atoms in total. The molecule has 3 amide bonds. The number of hydrogen-bond donors (Lipinski definition) is 3. The van der Waals surface area contributed by atoms with Crippen LogP contribution in [0.2, 0.25) is 0 Å². The van der Waals surface area contributed by atoms with Gasteiger partial charge in [-0.25, -0.2) is 16.8 Å². The molecule has 226 valence electrons. The van der Waals surface area contributed by atoms with Crippen molar-refractivity contribution in [3.8, 4) is 0 Å². The Bertz CT molecular complexity index is 1210. The van der Waals surface area contributed by atoms with Gasteiger partial charge in [0.15, 0.2) is 9.84 Å². The third kappa shape index (κ3) is 14.6. The Morgan fingerprint density at radius 1 is 0.750 bits per heavy atom. The molecule has 0 aromatic heterocycles. The minimum Gasteiger partial charge on any atom is -0.348 e. The first-order valence-corrected chi connectivity index (χ1v) is 17.1. The Morgan fingerprint density at radius 2 is 1.25 bits per heavy atom. The molecule has 0 spiro atoms. The lowest BCUT2D eigenvalue weighted by molar-refractivity contribution is -0.132. The Hall–Kier alpha value is -2.73. The van der Waals surface area contributed by atoms with Crippen molar-refractivity contribution < 1.29 is 31.2 Å². The van der Waals surface area contributed by atoms with E-state index >= 15 is 0 Å². The third-order valence-electron chi connectivity index (χ3n) is 6.08. The van der Waals surface area contributed by atoms with E-state index in [1.165, 1.54) is 25.1 Å². The molecule has 0 aliphatic carbocycles. The van der Waals surface area contributed by atoms with E-state index in [0.29, 0.717) is 31.6 Å². The molecule has 0 saturated carbocycles. The lowest BCUT2D eigenvalue weighted by Crippen LogP contribution is -2.54. The van der Waals surface area contributed by atoms with E-state index in [1.54, 1.807) is 18.2 Å². The summed E-state index contributed by atoms with van der Waals surface area (Å²) in [5.74, 6) is -1.17. The van der Waals surface area contributed by atoms with Gasteiger partial charge in [0.1, 0.15) is 21.9 Å². The first kappa shape index (κ1) is 35.3. The van der Waals surface area contributed by atoms with Crippen LogP contribution >= 0.6 is 0 Å². The fourth-order valence-corrected chi connectivity index (χ4v) is 5.56. The minimum atomic E-state index is -3.83. The van der Waals surface area contributed by atoms with E-state index in [2.05, 4.69) is 16.0 Å². The predicted octanol–water partition coefficient (Wildman–Crippen LogP) is 2.76. The second kappa shape index (κ2) is 16.5. The van der Waals surface area contributed by atoms with Crippen LogP contribution in [0.25, 0.3) is 0 Å². The quantitative estimate of drug-likeness (QED) is 0.249. The molecule has 3 N–H and O–H groups in total. The largest absolute Gasteiger partial charge is 0.348 e. The number of nitrogens with one attached hydrogen (secondary N) is 3. The van der Waals surface area contributed by atoms with Gasteiger partial charge < -0.3 is 16.0 Å². The molecular weight excluding hydrogens is 554 g/mol. The fraction of sp³-hybridized carbons (Fsp3) is 0.607. The van der Waals surface area contributed by atoms with Crippen LogP contribution in [0.15, 0.2) is 46.7 Å². The number of carbonyl (C=O) groups is 3. The molecule has 0 unspecified atom stereocenters. The Balaban J connectivity index is 3.20. The van der Waals surface area contributed by atoms with E-state index in [-0.39, 0.29) is 28.9 Å². The summed E-state index contributed by atoms with van der Waals surface area (Å²) in [6, 6.07) is 5.02. The smallest absolute Gasteiger partial charge is 0.243 e. The SMILES string of the molecule is CC(=O)N[C@@H](CCC(C)C)C(=O)N[C@@H](CCC(C)C)C(=O)N[C@H](/C=C/S(=O)(=O)c1ccccc1)CCS(C)(=O)=O. The average Bonchev–Trinajstić information content (AvgIpc) is 2.85. The predicted molar refractivity (Wildman–Crippen MR) is 157 cm³/mol. The minimum absolute atomic E-state index is 0.0564. The van der Waals surface area contributed by atoms with Gasteiger partial charge in [-0.2, -0.15) is 0 Å². The normalized spacial score (nSPS) is 14.6. The summed E-state index contributed by atoms with van der Waals surface area (Å²) >= 11 is 0. The van der Waals surface area contributed by atoms with Gasteiger partial charge in [-0.1, -0.05) is 52.0 Å². The first-order chi connectivity index (χ1) is 18.5. The summed E-state index contributed by atoms with van der Waals surface area (Å²) in [6.45, 7) is 9.28. The van der Waals surface area contributed by atoms with E-state index in [9.17, 15) is 31.2 Å². The Morgan fingerprint density at radius 3 is 1.73 bits per heavy atom. The zero-order chi connectivity index (χ0) is 30.5. The van der Waals surface area contributed by atoms with Crippen LogP contribution in [-0.2, 0) is 34.1 Å². The summed E-state index contributed by atoms with van der Waals surface area (Å²) in [4.78, 5) is 38.3. The van der Waals surface area contributed by atoms with Crippen molar-refractivity contribution in [3.63, 3.8) is 0 Å². The van der Waals surface area contributed by atoms with Gasteiger partial charge in [0, 0.05) is 24.6 Å². The zero-order valence-corrected chi connectivity index (χ0v) is 26.0. The molecule has 40 heavy (non-hydrogen) atoms. The van der Waals surface area contributed by atoms with Crippen molar-refractivity contribution in [2.75, 3.05) is 12.0 Å². The number of hydrogen-bond acceptors (Lipinski definition) is 7. The number of benzene rings is 1. The van der Waals surface area contributed by atoms with Crippen LogP contribution in [0.3, 0.4) is 0 Å². The van der Waals surface area contributed by atoms with Crippen molar-refractivity contribution in [1.29, 1.82) is 0 Å². The maximum atomic E-state index is 13.4. The lowest BCUT2D eigenvalue weighted by atomic mass is 10.00. The summed E-state index contributed by atoms with van der Waals surface area (Å²) in [6.07, 6.45) is 4.27. The maximum Gasteiger partial charge on any atom is 0.243 e. The second-order valence-electron chi connectivity index (χ2n) is 11.0. The Labute approximate surface area is 239 Å². The molecule has 1 aromatic carbocycles. The van der Waals surface area contributed by atoms with Gasteiger partial charge in [0.25, 0.3) is 0 Å². The fourth-order valence-electron chi connectivity index (χ4n) is 3.78. The lowest BCUT2D eigenvalue weighted by Gasteiger charge is -2.25. The number of carbonyl (C=O) groups excluding carboxylic acids is 3. The number of rotatable bonds is 17. The van der Waals surface area contributed by atoms with Crippen LogP contribution in [-0.4, -0.2) is 64.7 Å². The molecule has 0 aliphatic heterocycles. The Kier molecular flexibility index (Phi) is 14.6. The zero-order valence-electron chi connectivity index (χ0n) is 24.3. The topological polar surface area (TPSA) is 156 Å². The second-order valence-corrected chi connectivity index (χ2v) is 15.1. The van der Waals surface area contributed by atoms with Gasteiger partial charge >= 0.3 is 0 Å². The highest BCUT2D eigenvalue weighted by Gasteiger charge is 2.28. The standard InChI is InChI=1S/C28H45N3O7S2/c1-20(2)12-14-25(29-22(5)32)28(34)31-26(15-13-21(3)4)27(33)30-23(16-18-39(6,35)36)17-19-40(37,38)24-10-8-7-9-11-24/h7-11,17,19-21,23,25-26H,12-16,18H2,1-6H3,(H,29,32)(H,30,33)(H,31,34)/b19-17+/t23-,25-,26-/m0/s1. The molecule has 1 rings (SSSR count). The highest BCUT2D eigenvalue weighted by atomic mass is 32.2. The molecule has 0 radical (unpaired) electrons. The summed E-state index contributed by atoms with van der Waals surface area (Å²) in [5.41, 5.74) is 0. The molecule has 3 atom stereocenters. The van der Waals surface area contributed by atoms with Gasteiger partial charge in [-0.15, -0.1) is 0 Å². The van der Waals surface area contributed by atoms with Gasteiger partial charge in [-0.05, 0) is 56.1 Å².